The van der Waals surface area contributed by atoms with Crippen LogP contribution in [0, 0.1) is 11.3 Å². The Bertz CT molecular complexity index is 404. The molecule has 0 aliphatic heterocycles. The van der Waals surface area contributed by atoms with Gasteiger partial charge in [-0.25, -0.2) is 0 Å². The molecule has 0 aliphatic carbocycles. The SMILES string of the molecule is COCC(O)CCNc1ccc(C#N)cc1Cl. The molecule has 0 aliphatic rings. The van der Waals surface area contributed by atoms with Crippen molar-refractivity contribution in [3.63, 3.8) is 0 Å². The fraction of sp³-hybridized carbons (Fsp3) is 0.417. The summed E-state index contributed by atoms with van der Waals surface area (Å²) in [6, 6.07) is 7.07. The summed E-state index contributed by atoms with van der Waals surface area (Å²) >= 11 is 5.98. The molecule has 0 bridgehead atoms. The Morgan fingerprint density at radius 3 is 2.94 bits per heavy atom. The van der Waals surface area contributed by atoms with Crippen LogP contribution in [-0.2, 0) is 4.74 Å². The molecular formula is C12H15ClN2O2. The van der Waals surface area contributed by atoms with Crippen LogP contribution < -0.4 is 5.32 Å². The van der Waals surface area contributed by atoms with Gasteiger partial charge < -0.3 is 15.2 Å². The van der Waals surface area contributed by atoms with Crippen molar-refractivity contribution in [3.8, 4) is 6.07 Å². The van der Waals surface area contributed by atoms with Gasteiger partial charge in [0, 0.05) is 13.7 Å². The van der Waals surface area contributed by atoms with Crippen LogP contribution >= 0.6 is 11.6 Å². The van der Waals surface area contributed by atoms with Gasteiger partial charge in [-0.3, -0.25) is 0 Å². The number of aliphatic hydroxyl groups excluding tert-OH is 1. The highest BCUT2D eigenvalue weighted by Gasteiger charge is 2.04. The topological polar surface area (TPSA) is 65.3 Å². The van der Waals surface area contributed by atoms with E-state index in [1.54, 1.807) is 25.3 Å². The number of methoxy groups -OCH3 is 1. The number of halogens is 1. The monoisotopic (exact) mass is 254 g/mol. The lowest BCUT2D eigenvalue weighted by molar-refractivity contribution is 0.0615. The highest BCUT2D eigenvalue weighted by atomic mass is 35.5. The zero-order valence-corrected chi connectivity index (χ0v) is 10.4. The van der Waals surface area contributed by atoms with E-state index < -0.39 is 6.10 Å². The standard InChI is InChI=1S/C12H15ClN2O2/c1-17-8-10(16)4-5-15-12-3-2-9(7-14)6-11(12)13/h2-3,6,10,15-16H,4-5,8H2,1H3. The van der Waals surface area contributed by atoms with Gasteiger partial charge in [-0.15, -0.1) is 0 Å². The van der Waals surface area contributed by atoms with Crippen LogP contribution in [0.15, 0.2) is 18.2 Å². The molecule has 0 radical (unpaired) electrons. The van der Waals surface area contributed by atoms with Crippen molar-refractivity contribution in [1.82, 2.24) is 0 Å². The van der Waals surface area contributed by atoms with E-state index in [1.165, 1.54) is 0 Å². The quantitative estimate of drug-likeness (QED) is 0.815. The van der Waals surface area contributed by atoms with Crippen LogP contribution in [0.2, 0.25) is 5.02 Å². The second-order valence-corrected chi connectivity index (χ2v) is 4.04. The van der Waals surface area contributed by atoms with Gasteiger partial charge in [0.25, 0.3) is 0 Å². The van der Waals surface area contributed by atoms with E-state index in [2.05, 4.69) is 5.32 Å². The van der Waals surface area contributed by atoms with Crippen molar-refractivity contribution in [2.24, 2.45) is 0 Å². The number of hydrogen-bond donors (Lipinski definition) is 2. The lowest BCUT2D eigenvalue weighted by Gasteiger charge is -2.11. The molecule has 1 atom stereocenters. The number of ether oxygens (including phenoxy) is 1. The lowest BCUT2D eigenvalue weighted by atomic mass is 10.2. The molecule has 0 amide bonds. The predicted molar refractivity (Wildman–Crippen MR) is 67.2 cm³/mol. The van der Waals surface area contributed by atoms with E-state index >= 15 is 0 Å². The molecular weight excluding hydrogens is 240 g/mol. The van der Waals surface area contributed by atoms with E-state index in [1.807, 2.05) is 6.07 Å². The highest BCUT2D eigenvalue weighted by molar-refractivity contribution is 6.33. The Hall–Kier alpha value is -1.28. The predicted octanol–water partition coefficient (Wildman–Crippen LogP) is 2.02. The molecule has 2 N–H and O–H groups in total. The maximum absolute atomic E-state index is 9.44. The first kappa shape index (κ1) is 13.8. The van der Waals surface area contributed by atoms with E-state index in [0.717, 1.165) is 5.69 Å². The maximum atomic E-state index is 9.44. The molecule has 5 heteroatoms. The number of benzene rings is 1. The minimum absolute atomic E-state index is 0.322. The first-order chi connectivity index (χ1) is 8.17. The molecule has 1 rings (SSSR count). The van der Waals surface area contributed by atoms with E-state index in [4.69, 9.17) is 21.6 Å². The minimum Gasteiger partial charge on any atom is -0.391 e. The largest absolute Gasteiger partial charge is 0.391 e. The first-order valence-electron chi connectivity index (χ1n) is 5.28. The summed E-state index contributed by atoms with van der Waals surface area (Å²) in [5, 5.41) is 21.7. The molecule has 0 saturated heterocycles. The normalized spacial score (nSPS) is 11.9. The summed E-state index contributed by atoms with van der Waals surface area (Å²) in [4.78, 5) is 0. The fourth-order valence-electron chi connectivity index (χ4n) is 1.38. The molecule has 1 aromatic carbocycles. The van der Waals surface area contributed by atoms with E-state index in [9.17, 15) is 5.11 Å². The van der Waals surface area contributed by atoms with Crippen molar-refractivity contribution >= 4 is 17.3 Å². The smallest absolute Gasteiger partial charge is 0.0992 e. The Kier molecular flexibility index (Phi) is 5.78. The average Bonchev–Trinajstić information content (AvgIpc) is 2.31. The molecule has 0 spiro atoms. The zero-order valence-electron chi connectivity index (χ0n) is 9.61. The molecule has 1 unspecified atom stereocenters. The van der Waals surface area contributed by atoms with Gasteiger partial charge in [-0.05, 0) is 24.6 Å². The number of hydrogen-bond acceptors (Lipinski definition) is 4. The molecule has 17 heavy (non-hydrogen) atoms. The number of nitrogens with zero attached hydrogens (tertiary/aromatic N) is 1. The van der Waals surface area contributed by atoms with Gasteiger partial charge in [0.2, 0.25) is 0 Å². The summed E-state index contributed by atoms with van der Waals surface area (Å²) in [7, 11) is 1.55. The molecule has 4 nitrogen and oxygen atoms in total. The minimum atomic E-state index is -0.482. The first-order valence-corrected chi connectivity index (χ1v) is 5.65. The van der Waals surface area contributed by atoms with Crippen molar-refractivity contribution in [2.45, 2.75) is 12.5 Å². The third kappa shape index (κ3) is 4.61. The van der Waals surface area contributed by atoms with Crippen LogP contribution in [0.25, 0.3) is 0 Å². The molecule has 0 heterocycles. The van der Waals surface area contributed by atoms with Crippen LogP contribution in [0.5, 0.6) is 0 Å². The molecule has 92 valence electrons. The number of anilines is 1. The second kappa shape index (κ2) is 7.13. The van der Waals surface area contributed by atoms with E-state index in [-0.39, 0.29) is 0 Å². The Balaban J connectivity index is 2.45. The summed E-state index contributed by atoms with van der Waals surface area (Å²) in [5.41, 5.74) is 1.29. The van der Waals surface area contributed by atoms with Gasteiger partial charge >= 0.3 is 0 Å². The summed E-state index contributed by atoms with van der Waals surface area (Å²) in [5.74, 6) is 0. The Labute approximate surface area is 106 Å². The summed E-state index contributed by atoms with van der Waals surface area (Å²) < 4.78 is 4.82. The van der Waals surface area contributed by atoms with Gasteiger partial charge in [0.15, 0.2) is 0 Å². The summed E-state index contributed by atoms with van der Waals surface area (Å²) in [6.45, 7) is 0.916. The van der Waals surface area contributed by atoms with Gasteiger partial charge in [-0.1, -0.05) is 11.6 Å². The molecule has 0 fully saturated rings. The lowest BCUT2D eigenvalue weighted by Crippen LogP contribution is -2.18. The zero-order chi connectivity index (χ0) is 12.7. The third-order valence-corrected chi connectivity index (χ3v) is 2.56. The van der Waals surface area contributed by atoms with Crippen LogP contribution in [0.4, 0.5) is 5.69 Å². The van der Waals surface area contributed by atoms with Crippen molar-refractivity contribution in [3.05, 3.63) is 28.8 Å². The van der Waals surface area contributed by atoms with Crippen molar-refractivity contribution < 1.29 is 9.84 Å². The molecule has 1 aromatic rings. The number of rotatable bonds is 6. The van der Waals surface area contributed by atoms with Crippen LogP contribution in [-0.4, -0.2) is 31.5 Å². The number of nitrogens with one attached hydrogen (secondary N) is 1. The number of nitriles is 1. The van der Waals surface area contributed by atoms with Crippen LogP contribution in [0.1, 0.15) is 12.0 Å². The third-order valence-electron chi connectivity index (χ3n) is 2.25. The van der Waals surface area contributed by atoms with Gasteiger partial charge in [0.05, 0.1) is 35.1 Å². The molecule has 0 aromatic heterocycles. The van der Waals surface area contributed by atoms with Crippen molar-refractivity contribution in [2.75, 3.05) is 25.6 Å². The van der Waals surface area contributed by atoms with Crippen LogP contribution in [0.3, 0.4) is 0 Å². The summed E-state index contributed by atoms with van der Waals surface area (Å²) in [6.07, 6.45) is 0.0918. The number of aliphatic hydroxyl groups is 1. The van der Waals surface area contributed by atoms with Crippen molar-refractivity contribution in [1.29, 1.82) is 5.26 Å². The maximum Gasteiger partial charge on any atom is 0.0992 e. The second-order valence-electron chi connectivity index (χ2n) is 3.63. The highest BCUT2D eigenvalue weighted by Crippen LogP contribution is 2.22. The Morgan fingerprint density at radius 2 is 2.35 bits per heavy atom. The van der Waals surface area contributed by atoms with Gasteiger partial charge in [-0.2, -0.15) is 5.26 Å². The average molecular weight is 255 g/mol. The molecule has 0 saturated carbocycles. The van der Waals surface area contributed by atoms with Gasteiger partial charge in [0.1, 0.15) is 0 Å². The van der Waals surface area contributed by atoms with E-state index in [0.29, 0.717) is 30.2 Å². The Morgan fingerprint density at radius 1 is 1.59 bits per heavy atom. The fourth-order valence-corrected chi connectivity index (χ4v) is 1.62.